The van der Waals surface area contributed by atoms with Crippen LogP contribution >= 0.6 is 0 Å². The molecule has 1 aliphatic carbocycles. The van der Waals surface area contributed by atoms with Gasteiger partial charge in [0.15, 0.2) is 0 Å². The lowest BCUT2D eigenvalue weighted by atomic mass is 9.73. The average molecular weight is 314 g/mol. The van der Waals surface area contributed by atoms with E-state index in [1.54, 1.807) is 5.56 Å². The summed E-state index contributed by atoms with van der Waals surface area (Å²) in [6.45, 7) is 11.1. The zero-order chi connectivity index (χ0) is 15.9. The van der Waals surface area contributed by atoms with Crippen LogP contribution in [0.15, 0.2) is 12.1 Å². The Bertz CT molecular complexity index is 565. The van der Waals surface area contributed by atoms with Crippen LogP contribution < -0.4 is 10.1 Å². The van der Waals surface area contributed by atoms with Crippen molar-refractivity contribution in [3.63, 3.8) is 0 Å². The van der Waals surface area contributed by atoms with Crippen LogP contribution in [0.25, 0.3) is 0 Å². The van der Waals surface area contributed by atoms with Crippen molar-refractivity contribution in [3.8, 4) is 5.75 Å². The highest BCUT2D eigenvalue weighted by Crippen LogP contribution is 2.44. The summed E-state index contributed by atoms with van der Waals surface area (Å²) in [6, 6.07) is 4.74. The molecule has 2 heterocycles. The van der Waals surface area contributed by atoms with Gasteiger partial charge in [0.25, 0.3) is 0 Å². The van der Waals surface area contributed by atoms with E-state index in [1.165, 1.54) is 63.0 Å². The molecule has 1 aromatic carbocycles. The summed E-state index contributed by atoms with van der Waals surface area (Å²) < 4.78 is 5.85. The van der Waals surface area contributed by atoms with Crippen LogP contribution in [-0.4, -0.2) is 37.7 Å². The Morgan fingerprint density at radius 1 is 1.22 bits per heavy atom. The highest BCUT2D eigenvalue weighted by molar-refractivity contribution is 5.45. The Hall–Kier alpha value is -1.06. The minimum Gasteiger partial charge on any atom is -0.494 e. The van der Waals surface area contributed by atoms with Crippen molar-refractivity contribution in [3.05, 3.63) is 28.8 Å². The maximum Gasteiger partial charge on any atom is 0.122 e. The van der Waals surface area contributed by atoms with Crippen molar-refractivity contribution >= 4 is 0 Å². The predicted molar refractivity (Wildman–Crippen MR) is 94.1 cm³/mol. The fraction of sp³-hybridized carbons (Fsp3) is 0.700. The molecule has 4 rings (SSSR count). The third kappa shape index (κ3) is 3.14. The maximum absolute atomic E-state index is 5.85. The molecule has 3 fully saturated rings. The van der Waals surface area contributed by atoms with Gasteiger partial charge in [0.2, 0.25) is 0 Å². The van der Waals surface area contributed by atoms with Crippen molar-refractivity contribution in [2.24, 2.45) is 5.41 Å². The SMILES string of the molecule is CCOc1cc(CN2CCC3(CC2)CNC3)c(C2CC2)cc1C. The number of ether oxygens (including phenoxy) is 1. The van der Waals surface area contributed by atoms with Crippen LogP contribution in [-0.2, 0) is 6.54 Å². The Labute approximate surface area is 140 Å². The Morgan fingerprint density at radius 3 is 2.52 bits per heavy atom. The lowest BCUT2D eigenvalue weighted by molar-refractivity contribution is 0.0518. The molecule has 1 aromatic rings. The summed E-state index contributed by atoms with van der Waals surface area (Å²) in [5, 5.41) is 3.46. The van der Waals surface area contributed by atoms with Crippen LogP contribution in [0.2, 0.25) is 0 Å². The van der Waals surface area contributed by atoms with Crippen LogP contribution in [0.5, 0.6) is 5.75 Å². The van der Waals surface area contributed by atoms with Gasteiger partial charge in [-0.05, 0) is 86.7 Å². The van der Waals surface area contributed by atoms with Crippen molar-refractivity contribution in [2.45, 2.75) is 52.0 Å². The molecule has 0 amide bonds. The largest absolute Gasteiger partial charge is 0.494 e. The molecule has 1 N–H and O–H groups in total. The molecule has 1 saturated carbocycles. The molecular formula is C20H30N2O. The molecule has 3 aliphatic rings. The molecule has 1 spiro atoms. The normalized spacial score (nSPS) is 23.7. The van der Waals surface area contributed by atoms with Gasteiger partial charge in [0.1, 0.15) is 5.75 Å². The van der Waals surface area contributed by atoms with Crippen LogP contribution in [0.4, 0.5) is 0 Å². The minimum atomic E-state index is 0.638. The molecule has 2 saturated heterocycles. The molecule has 0 atom stereocenters. The highest BCUT2D eigenvalue weighted by Gasteiger charge is 2.39. The number of benzene rings is 1. The summed E-state index contributed by atoms with van der Waals surface area (Å²) in [5.41, 5.74) is 5.05. The van der Waals surface area contributed by atoms with Gasteiger partial charge in [-0.25, -0.2) is 0 Å². The smallest absolute Gasteiger partial charge is 0.122 e. The number of aryl methyl sites for hydroxylation is 1. The Kier molecular flexibility index (Phi) is 4.10. The van der Waals surface area contributed by atoms with E-state index < -0.39 is 0 Å². The molecule has 3 heteroatoms. The summed E-state index contributed by atoms with van der Waals surface area (Å²) in [6.07, 6.45) is 5.47. The number of rotatable bonds is 5. The van der Waals surface area contributed by atoms with Crippen LogP contribution in [0.1, 0.15) is 55.2 Å². The van der Waals surface area contributed by atoms with Gasteiger partial charge >= 0.3 is 0 Å². The summed E-state index contributed by atoms with van der Waals surface area (Å²) in [5.74, 6) is 1.90. The lowest BCUT2D eigenvalue weighted by Crippen LogP contribution is -2.58. The lowest BCUT2D eigenvalue weighted by Gasteiger charge is -2.48. The first kappa shape index (κ1) is 15.5. The maximum atomic E-state index is 5.85. The second kappa shape index (κ2) is 6.10. The summed E-state index contributed by atoms with van der Waals surface area (Å²) in [4.78, 5) is 2.66. The van der Waals surface area contributed by atoms with Gasteiger partial charge in [-0.2, -0.15) is 0 Å². The third-order valence-electron chi connectivity index (χ3n) is 6.06. The van der Waals surface area contributed by atoms with E-state index in [9.17, 15) is 0 Å². The molecule has 0 unspecified atom stereocenters. The highest BCUT2D eigenvalue weighted by atomic mass is 16.5. The minimum absolute atomic E-state index is 0.638. The van der Waals surface area contributed by atoms with Gasteiger partial charge < -0.3 is 10.1 Å². The zero-order valence-corrected chi connectivity index (χ0v) is 14.7. The van der Waals surface area contributed by atoms with E-state index in [4.69, 9.17) is 4.74 Å². The Balaban J connectivity index is 1.49. The molecule has 0 aromatic heterocycles. The molecule has 23 heavy (non-hydrogen) atoms. The second-order valence-electron chi connectivity index (χ2n) is 7.90. The van der Waals surface area contributed by atoms with E-state index in [-0.39, 0.29) is 0 Å². The number of hydrogen-bond acceptors (Lipinski definition) is 3. The van der Waals surface area contributed by atoms with Crippen LogP contribution in [0, 0.1) is 12.3 Å². The first-order chi connectivity index (χ1) is 11.2. The molecule has 0 bridgehead atoms. The van der Waals surface area contributed by atoms with Crippen molar-refractivity contribution in [2.75, 3.05) is 32.8 Å². The first-order valence-corrected chi connectivity index (χ1v) is 9.38. The van der Waals surface area contributed by atoms with Crippen LogP contribution in [0.3, 0.4) is 0 Å². The monoisotopic (exact) mass is 314 g/mol. The summed E-state index contributed by atoms with van der Waals surface area (Å²) >= 11 is 0. The number of hydrogen-bond donors (Lipinski definition) is 1. The molecule has 126 valence electrons. The quantitative estimate of drug-likeness (QED) is 0.901. The van der Waals surface area contributed by atoms with E-state index in [0.29, 0.717) is 5.41 Å². The number of nitrogens with one attached hydrogen (secondary N) is 1. The van der Waals surface area contributed by atoms with Crippen molar-refractivity contribution in [1.82, 2.24) is 10.2 Å². The molecule has 2 aliphatic heterocycles. The standard InChI is InChI=1S/C20H30N2O/c1-3-23-19-11-17(18(10-15(19)2)16-4-5-16)12-22-8-6-20(7-9-22)13-21-14-20/h10-11,16,21H,3-9,12-14H2,1-2H3. The van der Waals surface area contributed by atoms with Gasteiger partial charge in [0.05, 0.1) is 6.61 Å². The molecular weight excluding hydrogens is 284 g/mol. The summed E-state index contributed by atoms with van der Waals surface area (Å²) in [7, 11) is 0. The topological polar surface area (TPSA) is 24.5 Å². The van der Waals surface area contributed by atoms with Crippen molar-refractivity contribution in [1.29, 1.82) is 0 Å². The third-order valence-corrected chi connectivity index (χ3v) is 6.06. The fourth-order valence-corrected chi connectivity index (χ4v) is 4.23. The molecule has 0 radical (unpaired) electrons. The number of nitrogens with zero attached hydrogens (tertiary/aromatic N) is 1. The van der Waals surface area contributed by atoms with E-state index in [1.807, 2.05) is 0 Å². The number of piperidine rings is 1. The fourth-order valence-electron chi connectivity index (χ4n) is 4.23. The van der Waals surface area contributed by atoms with Gasteiger partial charge in [-0.15, -0.1) is 0 Å². The first-order valence-electron chi connectivity index (χ1n) is 9.38. The van der Waals surface area contributed by atoms with Gasteiger partial charge in [-0.3, -0.25) is 4.90 Å². The van der Waals surface area contributed by atoms with Gasteiger partial charge in [0, 0.05) is 19.6 Å². The Morgan fingerprint density at radius 2 is 1.96 bits per heavy atom. The second-order valence-corrected chi connectivity index (χ2v) is 7.90. The average Bonchev–Trinajstić information content (AvgIpc) is 3.34. The zero-order valence-electron chi connectivity index (χ0n) is 14.7. The molecule has 3 nitrogen and oxygen atoms in total. The van der Waals surface area contributed by atoms with Crippen molar-refractivity contribution < 1.29 is 4.74 Å². The number of likely N-dealkylation sites (tertiary alicyclic amines) is 1. The predicted octanol–water partition coefficient (Wildman–Crippen LogP) is 3.46. The van der Waals surface area contributed by atoms with E-state index >= 15 is 0 Å². The van der Waals surface area contributed by atoms with Gasteiger partial charge in [-0.1, -0.05) is 6.07 Å². The van der Waals surface area contributed by atoms with E-state index in [2.05, 4.69) is 36.2 Å². The van der Waals surface area contributed by atoms with E-state index in [0.717, 1.165) is 24.8 Å².